The average molecular weight is 231 g/mol. The minimum Gasteiger partial charge on any atom is -0.379 e. The molecule has 0 aliphatic carbocycles. The fourth-order valence-corrected chi connectivity index (χ4v) is 1.87. The first-order valence-electron chi connectivity index (χ1n) is 5.57. The Kier molecular flexibility index (Phi) is 3.20. The van der Waals surface area contributed by atoms with Gasteiger partial charge in [-0.15, -0.1) is 0 Å². The second-order valence-corrected chi connectivity index (χ2v) is 3.94. The molecule has 3 heteroatoms. The quantitative estimate of drug-likeness (QED) is 0.881. The van der Waals surface area contributed by atoms with Gasteiger partial charge < -0.3 is 5.11 Å². The number of aliphatic hydroxyl groups is 1. The van der Waals surface area contributed by atoms with Gasteiger partial charge in [0, 0.05) is 6.20 Å². The van der Waals surface area contributed by atoms with Crippen LogP contribution in [-0.4, -0.2) is 10.1 Å². The molecule has 1 aromatic heterocycles. The lowest BCUT2D eigenvalue weighted by Crippen LogP contribution is -2.27. The van der Waals surface area contributed by atoms with Gasteiger partial charge in [0.1, 0.15) is 11.4 Å². The van der Waals surface area contributed by atoms with Crippen LogP contribution in [0.5, 0.6) is 0 Å². The summed E-state index contributed by atoms with van der Waals surface area (Å²) in [6.07, 6.45) is 2.12. The lowest BCUT2D eigenvalue weighted by molar-refractivity contribution is 0.0718. The van der Waals surface area contributed by atoms with Crippen LogP contribution in [0.1, 0.15) is 24.6 Å². The average Bonchev–Trinajstić information content (AvgIpc) is 2.40. The van der Waals surface area contributed by atoms with E-state index in [1.165, 1.54) is 12.1 Å². The molecule has 1 unspecified atom stereocenters. The molecule has 1 heterocycles. The predicted octanol–water partition coefficient (Wildman–Crippen LogP) is 2.87. The number of aromatic nitrogens is 1. The highest BCUT2D eigenvalue weighted by Crippen LogP contribution is 2.31. The van der Waals surface area contributed by atoms with Crippen molar-refractivity contribution in [3.8, 4) is 0 Å². The number of nitrogens with zero attached hydrogens (tertiary/aromatic N) is 1. The van der Waals surface area contributed by atoms with Crippen LogP contribution in [0.4, 0.5) is 4.39 Å². The van der Waals surface area contributed by atoms with Crippen LogP contribution in [0.25, 0.3) is 0 Å². The minimum atomic E-state index is -1.16. The molecule has 88 valence electrons. The van der Waals surface area contributed by atoms with Crippen molar-refractivity contribution in [3.05, 3.63) is 65.7 Å². The summed E-state index contributed by atoms with van der Waals surface area (Å²) in [5.41, 5.74) is 0.0730. The Morgan fingerprint density at radius 1 is 1.18 bits per heavy atom. The van der Waals surface area contributed by atoms with E-state index < -0.39 is 5.60 Å². The van der Waals surface area contributed by atoms with Crippen molar-refractivity contribution in [3.63, 3.8) is 0 Å². The predicted molar refractivity (Wildman–Crippen MR) is 63.9 cm³/mol. The summed E-state index contributed by atoms with van der Waals surface area (Å²) in [5.74, 6) is -0.312. The zero-order chi connectivity index (χ0) is 12.3. The Balaban J connectivity index is 2.48. The summed E-state index contributed by atoms with van der Waals surface area (Å²) < 4.78 is 12.9. The molecule has 17 heavy (non-hydrogen) atoms. The minimum absolute atomic E-state index is 0.312. The van der Waals surface area contributed by atoms with Crippen molar-refractivity contribution in [2.45, 2.75) is 18.9 Å². The Labute approximate surface area is 99.8 Å². The second kappa shape index (κ2) is 4.63. The summed E-state index contributed by atoms with van der Waals surface area (Å²) in [5, 5.41) is 10.7. The molecule has 0 spiro atoms. The third kappa shape index (κ3) is 2.19. The maximum atomic E-state index is 12.9. The molecule has 0 saturated carbocycles. The van der Waals surface area contributed by atoms with Crippen LogP contribution in [0.15, 0.2) is 48.7 Å². The molecular weight excluding hydrogens is 217 g/mol. The fourth-order valence-electron chi connectivity index (χ4n) is 1.87. The van der Waals surface area contributed by atoms with E-state index in [-0.39, 0.29) is 5.82 Å². The summed E-state index contributed by atoms with van der Waals surface area (Å²) in [4.78, 5) is 4.18. The first kappa shape index (κ1) is 11.7. The number of hydrogen-bond acceptors (Lipinski definition) is 2. The highest BCUT2D eigenvalue weighted by Gasteiger charge is 2.30. The van der Waals surface area contributed by atoms with Crippen molar-refractivity contribution in [1.82, 2.24) is 4.98 Å². The normalized spacial score (nSPS) is 14.3. The second-order valence-electron chi connectivity index (χ2n) is 3.94. The zero-order valence-electron chi connectivity index (χ0n) is 9.60. The van der Waals surface area contributed by atoms with Gasteiger partial charge in [0.05, 0.1) is 5.69 Å². The van der Waals surface area contributed by atoms with E-state index in [1.54, 1.807) is 30.5 Å². The fraction of sp³-hybridized carbons (Fsp3) is 0.214. The molecule has 0 radical (unpaired) electrons. The molecule has 1 N–H and O–H groups in total. The van der Waals surface area contributed by atoms with Crippen molar-refractivity contribution in [2.24, 2.45) is 0 Å². The maximum absolute atomic E-state index is 12.9. The maximum Gasteiger partial charge on any atom is 0.131 e. The zero-order valence-corrected chi connectivity index (χ0v) is 9.60. The highest BCUT2D eigenvalue weighted by atomic mass is 19.1. The van der Waals surface area contributed by atoms with E-state index in [0.717, 1.165) is 0 Å². The summed E-state index contributed by atoms with van der Waals surface area (Å²) in [6.45, 7) is 1.87. The highest BCUT2D eigenvalue weighted by molar-refractivity contribution is 5.32. The van der Waals surface area contributed by atoms with Gasteiger partial charge in [-0.2, -0.15) is 0 Å². The molecule has 0 bridgehead atoms. The Morgan fingerprint density at radius 2 is 1.88 bits per heavy atom. The van der Waals surface area contributed by atoms with Gasteiger partial charge in [-0.1, -0.05) is 25.1 Å². The monoisotopic (exact) mass is 231 g/mol. The number of pyridine rings is 1. The van der Waals surface area contributed by atoms with E-state index in [1.807, 2.05) is 13.0 Å². The van der Waals surface area contributed by atoms with E-state index in [0.29, 0.717) is 17.7 Å². The molecule has 0 fully saturated rings. The Hall–Kier alpha value is -1.74. The van der Waals surface area contributed by atoms with Crippen LogP contribution in [0.2, 0.25) is 0 Å². The first-order valence-corrected chi connectivity index (χ1v) is 5.57. The third-order valence-electron chi connectivity index (χ3n) is 2.92. The van der Waals surface area contributed by atoms with Gasteiger partial charge in [-0.05, 0) is 36.2 Å². The largest absolute Gasteiger partial charge is 0.379 e. The van der Waals surface area contributed by atoms with E-state index in [2.05, 4.69) is 4.98 Å². The summed E-state index contributed by atoms with van der Waals surface area (Å²) in [7, 11) is 0. The van der Waals surface area contributed by atoms with Gasteiger partial charge in [0.15, 0.2) is 0 Å². The van der Waals surface area contributed by atoms with E-state index in [4.69, 9.17) is 0 Å². The van der Waals surface area contributed by atoms with E-state index in [9.17, 15) is 9.50 Å². The molecule has 1 aromatic carbocycles. The molecule has 0 aliphatic rings. The van der Waals surface area contributed by atoms with Crippen molar-refractivity contribution >= 4 is 0 Å². The van der Waals surface area contributed by atoms with E-state index >= 15 is 0 Å². The van der Waals surface area contributed by atoms with Crippen molar-refractivity contribution in [1.29, 1.82) is 0 Å². The molecular formula is C14H14FNO. The number of rotatable bonds is 3. The molecule has 2 rings (SSSR count). The molecule has 0 amide bonds. The van der Waals surface area contributed by atoms with Gasteiger partial charge >= 0.3 is 0 Å². The van der Waals surface area contributed by atoms with Crippen molar-refractivity contribution < 1.29 is 9.50 Å². The molecule has 2 aromatic rings. The van der Waals surface area contributed by atoms with Gasteiger partial charge in [0.2, 0.25) is 0 Å². The lowest BCUT2D eigenvalue weighted by Gasteiger charge is -2.26. The Bertz CT molecular complexity index is 483. The third-order valence-corrected chi connectivity index (χ3v) is 2.92. The lowest BCUT2D eigenvalue weighted by atomic mass is 9.87. The number of halogens is 1. The molecule has 1 atom stereocenters. The number of hydrogen-bond donors (Lipinski definition) is 1. The van der Waals surface area contributed by atoms with Crippen LogP contribution in [0, 0.1) is 5.82 Å². The first-order chi connectivity index (χ1) is 8.16. The summed E-state index contributed by atoms with van der Waals surface area (Å²) in [6, 6.07) is 11.3. The number of benzene rings is 1. The topological polar surface area (TPSA) is 33.1 Å². The molecule has 0 saturated heterocycles. The van der Waals surface area contributed by atoms with Crippen LogP contribution < -0.4 is 0 Å². The molecule has 2 nitrogen and oxygen atoms in total. The Morgan fingerprint density at radius 3 is 2.41 bits per heavy atom. The van der Waals surface area contributed by atoms with Crippen LogP contribution in [0.3, 0.4) is 0 Å². The molecule has 0 aliphatic heterocycles. The smallest absolute Gasteiger partial charge is 0.131 e. The van der Waals surface area contributed by atoms with Gasteiger partial charge in [0.25, 0.3) is 0 Å². The van der Waals surface area contributed by atoms with Crippen molar-refractivity contribution in [2.75, 3.05) is 0 Å². The summed E-state index contributed by atoms with van der Waals surface area (Å²) >= 11 is 0. The van der Waals surface area contributed by atoms with Gasteiger partial charge in [-0.3, -0.25) is 4.98 Å². The van der Waals surface area contributed by atoms with Crippen LogP contribution >= 0.6 is 0 Å². The standard InChI is InChI=1S/C14H14FNO/c1-2-14(17,13-5-3-4-10-16-13)11-6-8-12(15)9-7-11/h3-10,17H,2H2,1H3. The SMILES string of the molecule is CCC(O)(c1ccc(F)cc1)c1ccccn1. The van der Waals surface area contributed by atoms with Crippen LogP contribution in [-0.2, 0) is 5.60 Å². The van der Waals surface area contributed by atoms with Gasteiger partial charge in [-0.25, -0.2) is 4.39 Å².